The number of nitrogens with zero attached hydrogens (tertiary/aromatic N) is 3. The van der Waals surface area contributed by atoms with Crippen molar-refractivity contribution < 1.29 is 9.92 Å². The molecule has 0 bridgehead atoms. The van der Waals surface area contributed by atoms with E-state index >= 15 is 0 Å². The van der Waals surface area contributed by atoms with E-state index in [9.17, 15) is 10.1 Å². The predicted molar refractivity (Wildman–Crippen MR) is 55.1 cm³/mol. The highest BCUT2D eigenvalue weighted by molar-refractivity contribution is 5.55. The molecule has 0 aromatic carbocycles. The third-order valence-electron chi connectivity index (χ3n) is 1.84. The quantitative estimate of drug-likeness (QED) is 0.577. The van der Waals surface area contributed by atoms with Gasteiger partial charge in [0.05, 0.1) is 11.4 Å². The molecule has 0 aliphatic rings. The van der Waals surface area contributed by atoms with Crippen molar-refractivity contribution in [3.63, 3.8) is 0 Å². The van der Waals surface area contributed by atoms with E-state index in [1.54, 1.807) is 18.3 Å². The highest BCUT2D eigenvalue weighted by Gasteiger charge is 2.04. The van der Waals surface area contributed by atoms with Gasteiger partial charge in [-0.1, -0.05) is 6.07 Å². The largest absolute Gasteiger partial charge is 0.299 e. The Morgan fingerprint density at radius 2 is 1.94 bits per heavy atom. The topological polar surface area (TPSA) is 78.2 Å². The van der Waals surface area contributed by atoms with Gasteiger partial charge in [-0.2, -0.15) is 0 Å². The average molecular weight is 217 g/mol. The first-order valence-electron chi connectivity index (χ1n) is 4.45. The molecule has 2 rings (SSSR count). The molecule has 0 saturated heterocycles. The third-order valence-corrected chi connectivity index (χ3v) is 1.84. The monoisotopic (exact) mass is 217 g/mol. The summed E-state index contributed by atoms with van der Waals surface area (Å²) in [7, 11) is 0. The Morgan fingerprint density at radius 3 is 2.62 bits per heavy atom. The Balaban J connectivity index is 2.33. The van der Waals surface area contributed by atoms with Crippen molar-refractivity contribution in [1.29, 1.82) is 0 Å². The van der Waals surface area contributed by atoms with Crippen LogP contribution in [0.5, 0.6) is 5.75 Å². The van der Waals surface area contributed by atoms with E-state index in [4.69, 9.17) is 0 Å². The standard InChI is InChI=1S/C10H7N3O3/c14-13(15)16-8-4-6-12-10(7-8)9-3-1-2-5-11-9/h1-7H. The van der Waals surface area contributed by atoms with E-state index in [1.165, 1.54) is 18.3 Å². The molecule has 6 heteroatoms. The lowest BCUT2D eigenvalue weighted by Crippen LogP contribution is -2.03. The lowest BCUT2D eigenvalue weighted by atomic mass is 10.2. The molecule has 0 amide bonds. The SMILES string of the molecule is O=[N+]([O-])Oc1ccnc(-c2ccccn2)c1. The van der Waals surface area contributed by atoms with Crippen molar-refractivity contribution in [2.24, 2.45) is 0 Å². The second kappa shape index (κ2) is 4.35. The van der Waals surface area contributed by atoms with E-state index in [0.717, 1.165) is 0 Å². The summed E-state index contributed by atoms with van der Waals surface area (Å²) in [5.74, 6) is 0.126. The number of hydrogen-bond donors (Lipinski definition) is 0. The molecule has 0 N–H and O–H groups in total. The maximum atomic E-state index is 10.2. The van der Waals surface area contributed by atoms with Gasteiger partial charge in [-0.25, -0.2) is 0 Å². The van der Waals surface area contributed by atoms with Crippen molar-refractivity contribution in [1.82, 2.24) is 9.97 Å². The van der Waals surface area contributed by atoms with Crippen molar-refractivity contribution in [2.75, 3.05) is 0 Å². The lowest BCUT2D eigenvalue weighted by molar-refractivity contribution is -0.711. The summed E-state index contributed by atoms with van der Waals surface area (Å²) in [5.41, 5.74) is 1.16. The Morgan fingerprint density at radius 1 is 1.12 bits per heavy atom. The average Bonchev–Trinajstić information content (AvgIpc) is 2.30. The second-order valence-electron chi connectivity index (χ2n) is 2.91. The maximum Gasteiger partial charge on any atom is 0.299 e. The molecule has 0 atom stereocenters. The fourth-order valence-electron chi connectivity index (χ4n) is 1.21. The van der Waals surface area contributed by atoms with Crippen molar-refractivity contribution in [3.05, 3.63) is 52.8 Å². The predicted octanol–water partition coefficient (Wildman–Crippen LogP) is 1.71. The number of hydrogen-bond acceptors (Lipinski definition) is 5. The summed E-state index contributed by atoms with van der Waals surface area (Å²) in [4.78, 5) is 22.6. The maximum absolute atomic E-state index is 10.2. The van der Waals surface area contributed by atoms with Gasteiger partial charge in [-0.3, -0.25) is 14.8 Å². The Hall–Kier alpha value is -2.50. The summed E-state index contributed by atoms with van der Waals surface area (Å²) in [6, 6.07) is 8.23. The number of rotatable bonds is 3. The fraction of sp³-hybridized carbons (Fsp3) is 0. The molecule has 0 unspecified atom stereocenters. The molecule has 2 aromatic heterocycles. The van der Waals surface area contributed by atoms with Gasteiger partial charge in [0.15, 0.2) is 0 Å². The fourth-order valence-corrected chi connectivity index (χ4v) is 1.21. The molecule has 80 valence electrons. The van der Waals surface area contributed by atoms with E-state index in [-0.39, 0.29) is 5.75 Å². The van der Waals surface area contributed by atoms with Gasteiger partial charge in [0.1, 0.15) is 5.75 Å². The summed E-state index contributed by atoms with van der Waals surface area (Å²) >= 11 is 0. The zero-order valence-electron chi connectivity index (χ0n) is 8.11. The van der Waals surface area contributed by atoms with E-state index < -0.39 is 5.09 Å². The minimum absolute atomic E-state index is 0.126. The Bertz CT molecular complexity index is 502. The Kier molecular flexibility index (Phi) is 2.73. The van der Waals surface area contributed by atoms with Crippen LogP contribution in [0.25, 0.3) is 11.4 Å². The Labute approximate surface area is 90.6 Å². The molecule has 16 heavy (non-hydrogen) atoms. The van der Waals surface area contributed by atoms with Crippen LogP contribution in [0.3, 0.4) is 0 Å². The first-order chi connectivity index (χ1) is 7.75. The highest BCUT2D eigenvalue weighted by atomic mass is 17.0. The van der Waals surface area contributed by atoms with Gasteiger partial charge in [-0.15, -0.1) is 10.1 Å². The van der Waals surface area contributed by atoms with Crippen LogP contribution >= 0.6 is 0 Å². The van der Waals surface area contributed by atoms with Crippen LogP contribution in [0.4, 0.5) is 0 Å². The van der Waals surface area contributed by atoms with Crippen LogP contribution in [0, 0.1) is 10.1 Å². The minimum atomic E-state index is -0.864. The first-order valence-corrected chi connectivity index (χ1v) is 4.45. The molecule has 0 aliphatic carbocycles. The van der Waals surface area contributed by atoms with Crippen LogP contribution in [-0.2, 0) is 0 Å². The zero-order valence-corrected chi connectivity index (χ0v) is 8.11. The third kappa shape index (κ3) is 2.30. The summed E-state index contributed by atoms with van der Waals surface area (Å²) in [5, 5.41) is 9.30. The van der Waals surface area contributed by atoms with Crippen LogP contribution in [-0.4, -0.2) is 15.1 Å². The van der Waals surface area contributed by atoms with E-state index in [1.807, 2.05) is 6.07 Å². The van der Waals surface area contributed by atoms with Crippen LogP contribution in [0.2, 0.25) is 0 Å². The molecule has 6 nitrogen and oxygen atoms in total. The van der Waals surface area contributed by atoms with Crippen LogP contribution < -0.4 is 4.84 Å². The summed E-state index contributed by atoms with van der Waals surface area (Å²) in [6.45, 7) is 0. The highest BCUT2D eigenvalue weighted by Crippen LogP contribution is 2.18. The van der Waals surface area contributed by atoms with Gasteiger partial charge in [-0.05, 0) is 24.3 Å². The van der Waals surface area contributed by atoms with Gasteiger partial charge >= 0.3 is 0 Å². The van der Waals surface area contributed by atoms with Crippen molar-refractivity contribution in [3.8, 4) is 17.1 Å². The van der Waals surface area contributed by atoms with Crippen molar-refractivity contribution >= 4 is 0 Å². The van der Waals surface area contributed by atoms with Crippen LogP contribution in [0.1, 0.15) is 0 Å². The molecule has 2 aromatic rings. The number of pyridine rings is 2. The van der Waals surface area contributed by atoms with E-state index in [2.05, 4.69) is 14.8 Å². The summed E-state index contributed by atoms with van der Waals surface area (Å²) in [6.07, 6.45) is 3.06. The van der Waals surface area contributed by atoms with Gasteiger partial charge in [0, 0.05) is 12.4 Å². The molecular weight excluding hydrogens is 210 g/mol. The van der Waals surface area contributed by atoms with Crippen molar-refractivity contribution in [2.45, 2.75) is 0 Å². The molecule has 0 fully saturated rings. The zero-order chi connectivity index (χ0) is 11.4. The second-order valence-corrected chi connectivity index (χ2v) is 2.91. The van der Waals surface area contributed by atoms with Crippen LogP contribution in [0.15, 0.2) is 42.7 Å². The lowest BCUT2D eigenvalue weighted by Gasteiger charge is -2.01. The molecular formula is C10H7N3O3. The normalized spacial score (nSPS) is 9.75. The molecule has 2 heterocycles. The molecule has 0 saturated carbocycles. The molecule has 0 spiro atoms. The van der Waals surface area contributed by atoms with Gasteiger partial charge in [0.2, 0.25) is 0 Å². The van der Waals surface area contributed by atoms with E-state index in [0.29, 0.717) is 11.4 Å². The van der Waals surface area contributed by atoms with Gasteiger partial charge in [0.25, 0.3) is 5.09 Å². The number of aromatic nitrogens is 2. The minimum Gasteiger partial charge on any atom is -0.276 e. The first kappa shape index (κ1) is 10.0. The molecule has 0 aliphatic heterocycles. The van der Waals surface area contributed by atoms with Gasteiger partial charge < -0.3 is 0 Å². The molecule has 0 radical (unpaired) electrons. The summed E-state index contributed by atoms with van der Waals surface area (Å²) < 4.78 is 0. The smallest absolute Gasteiger partial charge is 0.276 e.